The zero-order valence-electron chi connectivity index (χ0n) is 11.5. The smallest absolute Gasteiger partial charge is 0.225 e. The molecule has 0 aromatic rings. The topological polar surface area (TPSA) is 86.6 Å². The summed E-state index contributed by atoms with van der Waals surface area (Å²) in [7, 11) is 0. The minimum atomic E-state index is -2.17. The fourth-order valence-electron chi connectivity index (χ4n) is 2.75. The summed E-state index contributed by atoms with van der Waals surface area (Å²) in [6.07, 6.45) is -3.33. The fourth-order valence-corrected chi connectivity index (χ4v) is 2.75. The first kappa shape index (κ1) is 13.7. The van der Waals surface area contributed by atoms with Gasteiger partial charge in [-0.25, -0.2) is 0 Å². The third kappa shape index (κ3) is 2.19. The Hall–Kier alpha value is -0.280. The van der Waals surface area contributed by atoms with Crippen LogP contribution in [-0.4, -0.2) is 58.8 Å². The van der Waals surface area contributed by atoms with Gasteiger partial charge in [0.05, 0.1) is 6.61 Å². The lowest BCUT2D eigenvalue weighted by atomic mass is 10.0. The van der Waals surface area contributed by atoms with Crippen LogP contribution in [0.15, 0.2) is 0 Å². The van der Waals surface area contributed by atoms with Crippen LogP contribution >= 0.6 is 0 Å². The van der Waals surface area contributed by atoms with Crippen LogP contribution in [0.4, 0.5) is 0 Å². The predicted octanol–water partition coefficient (Wildman–Crippen LogP) is -0.305. The Labute approximate surface area is 111 Å². The number of hydrogen-bond acceptors (Lipinski definition) is 7. The first-order valence-electron chi connectivity index (χ1n) is 6.38. The molecule has 0 aromatic heterocycles. The minimum Gasteiger partial charge on any atom is -0.361 e. The molecule has 2 N–H and O–H groups in total. The highest BCUT2D eigenvalue weighted by molar-refractivity contribution is 5.02. The summed E-state index contributed by atoms with van der Waals surface area (Å²) in [4.78, 5) is 0. The summed E-state index contributed by atoms with van der Waals surface area (Å²) in [5.74, 6) is -3.83. The van der Waals surface area contributed by atoms with E-state index >= 15 is 0 Å². The Morgan fingerprint density at radius 3 is 2.11 bits per heavy atom. The van der Waals surface area contributed by atoms with Gasteiger partial charge in [0.1, 0.15) is 12.2 Å². The van der Waals surface area contributed by atoms with Crippen molar-refractivity contribution in [3.63, 3.8) is 0 Å². The van der Waals surface area contributed by atoms with Crippen molar-refractivity contribution in [1.82, 2.24) is 0 Å². The molecule has 110 valence electrons. The largest absolute Gasteiger partial charge is 0.361 e. The van der Waals surface area contributed by atoms with Gasteiger partial charge in [-0.15, -0.1) is 0 Å². The van der Waals surface area contributed by atoms with Gasteiger partial charge in [0.15, 0.2) is 24.0 Å². The summed E-state index contributed by atoms with van der Waals surface area (Å²) >= 11 is 0. The van der Waals surface area contributed by atoms with Gasteiger partial charge in [-0.3, -0.25) is 0 Å². The van der Waals surface area contributed by atoms with E-state index in [0.29, 0.717) is 0 Å². The number of rotatable bonds is 1. The highest BCUT2D eigenvalue weighted by Gasteiger charge is 2.65. The van der Waals surface area contributed by atoms with E-state index in [1.807, 2.05) is 0 Å². The zero-order valence-corrected chi connectivity index (χ0v) is 11.5. The molecule has 3 heterocycles. The standard InChI is InChI=1S/C12H20O7/c1-10(2)15-5-6(17-10)7-12(13,14)8-9(16-7)19-11(3,4)18-8/h6-9,13-14H,5H2,1-4H3/t6-,7-,8+,9?/m1/s1. The molecular weight excluding hydrogens is 256 g/mol. The third-order valence-corrected chi connectivity index (χ3v) is 3.54. The van der Waals surface area contributed by atoms with Gasteiger partial charge in [0, 0.05) is 0 Å². The molecule has 0 spiro atoms. The summed E-state index contributed by atoms with van der Waals surface area (Å²) in [6.45, 7) is 7.13. The SMILES string of the molecule is CC1(C)OC[C@H]([C@H]2OC3OC(C)(C)O[C@@H]3C2(O)O)O1. The van der Waals surface area contributed by atoms with E-state index in [9.17, 15) is 10.2 Å². The average Bonchev–Trinajstić information content (AvgIpc) is 2.80. The molecule has 0 saturated carbocycles. The molecule has 3 fully saturated rings. The molecule has 3 saturated heterocycles. The van der Waals surface area contributed by atoms with Crippen LogP contribution in [0.2, 0.25) is 0 Å². The molecule has 19 heavy (non-hydrogen) atoms. The van der Waals surface area contributed by atoms with Crippen molar-refractivity contribution >= 4 is 0 Å². The number of ether oxygens (including phenoxy) is 5. The van der Waals surface area contributed by atoms with Crippen molar-refractivity contribution in [2.45, 2.75) is 69.7 Å². The third-order valence-electron chi connectivity index (χ3n) is 3.54. The maximum atomic E-state index is 10.3. The molecule has 0 bridgehead atoms. The van der Waals surface area contributed by atoms with Gasteiger partial charge in [0.25, 0.3) is 0 Å². The Kier molecular flexibility index (Phi) is 2.80. The van der Waals surface area contributed by atoms with Crippen LogP contribution in [0.1, 0.15) is 27.7 Å². The van der Waals surface area contributed by atoms with Crippen molar-refractivity contribution < 1.29 is 33.9 Å². The summed E-state index contributed by atoms with van der Waals surface area (Å²) in [6, 6.07) is 0. The molecule has 1 unspecified atom stereocenters. The van der Waals surface area contributed by atoms with E-state index in [0.717, 1.165) is 0 Å². The first-order chi connectivity index (χ1) is 8.61. The van der Waals surface area contributed by atoms with Crippen molar-refractivity contribution in [1.29, 1.82) is 0 Å². The molecule has 3 aliphatic rings. The molecule has 0 aliphatic carbocycles. The molecule has 7 heteroatoms. The van der Waals surface area contributed by atoms with E-state index in [-0.39, 0.29) is 6.61 Å². The van der Waals surface area contributed by atoms with Crippen LogP contribution in [0.25, 0.3) is 0 Å². The lowest BCUT2D eigenvalue weighted by molar-refractivity contribution is -0.297. The lowest BCUT2D eigenvalue weighted by Gasteiger charge is -2.31. The predicted molar refractivity (Wildman–Crippen MR) is 60.8 cm³/mol. The van der Waals surface area contributed by atoms with E-state index < -0.39 is 42.0 Å². The molecule has 3 aliphatic heterocycles. The maximum absolute atomic E-state index is 10.3. The fraction of sp³-hybridized carbons (Fsp3) is 1.00. The molecule has 0 amide bonds. The second-order valence-electron chi connectivity index (χ2n) is 6.13. The molecule has 0 aromatic carbocycles. The van der Waals surface area contributed by atoms with Crippen molar-refractivity contribution in [2.24, 2.45) is 0 Å². The molecule has 7 nitrogen and oxygen atoms in total. The van der Waals surface area contributed by atoms with Gasteiger partial charge in [-0.05, 0) is 27.7 Å². The van der Waals surface area contributed by atoms with E-state index in [1.54, 1.807) is 27.7 Å². The second-order valence-corrected chi connectivity index (χ2v) is 6.13. The molecule has 0 radical (unpaired) electrons. The van der Waals surface area contributed by atoms with E-state index in [4.69, 9.17) is 23.7 Å². The Bertz CT molecular complexity index is 378. The molecule has 3 rings (SSSR count). The van der Waals surface area contributed by atoms with Gasteiger partial charge in [-0.1, -0.05) is 0 Å². The van der Waals surface area contributed by atoms with Crippen molar-refractivity contribution in [3.05, 3.63) is 0 Å². The molecule has 4 atom stereocenters. The summed E-state index contributed by atoms with van der Waals surface area (Å²) < 4.78 is 27.6. The van der Waals surface area contributed by atoms with E-state index in [2.05, 4.69) is 0 Å². The average molecular weight is 276 g/mol. The second kappa shape index (κ2) is 3.88. The number of hydrogen-bond donors (Lipinski definition) is 2. The van der Waals surface area contributed by atoms with Crippen LogP contribution in [0, 0.1) is 0 Å². The van der Waals surface area contributed by atoms with Crippen LogP contribution in [0.3, 0.4) is 0 Å². The quantitative estimate of drug-likeness (QED) is 0.635. The normalized spacial score (nSPS) is 46.4. The number of fused-ring (bicyclic) bond motifs is 1. The first-order valence-corrected chi connectivity index (χ1v) is 6.38. The lowest BCUT2D eigenvalue weighted by Crippen LogP contribution is -2.54. The monoisotopic (exact) mass is 276 g/mol. The van der Waals surface area contributed by atoms with Gasteiger partial charge >= 0.3 is 0 Å². The highest BCUT2D eigenvalue weighted by atomic mass is 16.9. The van der Waals surface area contributed by atoms with Crippen molar-refractivity contribution in [2.75, 3.05) is 6.61 Å². The van der Waals surface area contributed by atoms with Gasteiger partial charge in [-0.2, -0.15) is 0 Å². The van der Waals surface area contributed by atoms with Gasteiger partial charge < -0.3 is 33.9 Å². The van der Waals surface area contributed by atoms with Crippen LogP contribution in [-0.2, 0) is 23.7 Å². The Balaban J connectivity index is 1.77. The van der Waals surface area contributed by atoms with Gasteiger partial charge in [0.2, 0.25) is 5.79 Å². The van der Waals surface area contributed by atoms with Crippen molar-refractivity contribution in [3.8, 4) is 0 Å². The van der Waals surface area contributed by atoms with E-state index in [1.165, 1.54) is 0 Å². The van der Waals surface area contributed by atoms with Crippen LogP contribution < -0.4 is 0 Å². The highest BCUT2D eigenvalue weighted by Crippen LogP contribution is 2.44. The summed E-state index contributed by atoms with van der Waals surface area (Å²) in [5, 5.41) is 20.6. The Morgan fingerprint density at radius 2 is 1.58 bits per heavy atom. The maximum Gasteiger partial charge on any atom is 0.225 e. The minimum absolute atomic E-state index is 0.226. The number of aliphatic hydroxyl groups is 2. The van der Waals surface area contributed by atoms with Crippen LogP contribution in [0.5, 0.6) is 0 Å². The summed E-state index contributed by atoms with van der Waals surface area (Å²) in [5.41, 5.74) is 0. The zero-order chi connectivity index (χ0) is 14.1. The molecular formula is C12H20O7. The Morgan fingerprint density at radius 1 is 0.895 bits per heavy atom.